The lowest BCUT2D eigenvalue weighted by Gasteiger charge is -2.25. The van der Waals surface area contributed by atoms with E-state index in [1.54, 1.807) is 49.4 Å². The second-order valence-electron chi connectivity index (χ2n) is 7.16. The van der Waals surface area contributed by atoms with E-state index in [0.29, 0.717) is 23.8 Å². The molecule has 0 radical (unpaired) electrons. The molecular formula is C24H26N2O5S. The molecule has 1 atom stereocenters. The van der Waals surface area contributed by atoms with Crippen LogP contribution >= 0.6 is 0 Å². The van der Waals surface area contributed by atoms with Crippen molar-refractivity contribution in [2.45, 2.75) is 17.9 Å². The molecule has 0 bridgehead atoms. The van der Waals surface area contributed by atoms with Gasteiger partial charge in [0.2, 0.25) is 5.91 Å². The number of methoxy groups -OCH3 is 1. The van der Waals surface area contributed by atoms with Gasteiger partial charge in [0.1, 0.15) is 18.0 Å². The highest BCUT2D eigenvalue weighted by molar-refractivity contribution is 7.92. The van der Waals surface area contributed by atoms with Crippen molar-refractivity contribution in [3.63, 3.8) is 0 Å². The van der Waals surface area contributed by atoms with Crippen LogP contribution in [0.1, 0.15) is 6.92 Å². The Balaban J connectivity index is 1.87. The molecule has 7 nitrogen and oxygen atoms in total. The topological polar surface area (TPSA) is 84.9 Å². The van der Waals surface area contributed by atoms with Crippen molar-refractivity contribution >= 4 is 21.6 Å². The first-order valence-electron chi connectivity index (χ1n) is 10.1. The van der Waals surface area contributed by atoms with Gasteiger partial charge in [-0.1, -0.05) is 36.4 Å². The number of hydrogen-bond donors (Lipinski definition) is 1. The van der Waals surface area contributed by atoms with Crippen molar-refractivity contribution in [1.82, 2.24) is 5.32 Å². The molecule has 0 aromatic heterocycles. The van der Waals surface area contributed by atoms with E-state index in [4.69, 9.17) is 9.47 Å². The van der Waals surface area contributed by atoms with E-state index < -0.39 is 15.9 Å². The van der Waals surface area contributed by atoms with Gasteiger partial charge in [0, 0.05) is 13.2 Å². The third-order valence-electron chi connectivity index (χ3n) is 4.55. The number of nitrogens with one attached hydrogen (secondary N) is 1. The minimum Gasteiger partial charge on any atom is -0.457 e. The van der Waals surface area contributed by atoms with Gasteiger partial charge in [0.25, 0.3) is 10.0 Å². The number of carbonyl (C=O) groups is 1. The molecule has 1 N–H and O–H groups in total. The summed E-state index contributed by atoms with van der Waals surface area (Å²) in [4.78, 5) is 12.7. The molecule has 3 aromatic carbocycles. The van der Waals surface area contributed by atoms with Crippen LogP contribution in [-0.2, 0) is 19.6 Å². The predicted octanol–water partition coefficient (Wildman–Crippen LogP) is 3.83. The molecule has 0 aliphatic rings. The number of ether oxygens (including phenoxy) is 2. The van der Waals surface area contributed by atoms with Gasteiger partial charge in [0.15, 0.2) is 0 Å². The van der Waals surface area contributed by atoms with Gasteiger partial charge in [-0.05, 0) is 55.5 Å². The summed E-state index contributed by atoms with van der Waals surface area (Å²) in [6.45, 7) is 1.74. The molecule has 0 aliphatic carbocycles. The molecule has 3 rings (SSSR count). The van der Waals surface area contributed by atoms with Gasteiger partial charge in [-0.2, -0.15) is 0 Å². The Morgan fingerprint density at radius 3 is 2.06 bits per heavy atom. The molecule has 8 heteroatoms. The minimum absolute atomic E-state index is 0.0994. The number of carbonyl (C=O) groups excluding carboxylic acids is 1. The number of nitrogens with zero attached hydrogens (tertiary/aromatic N) is 1. The van der Waals surface area contributed by atoms with Crippen LogP contribution in [0.2, 0.25) is 0 Å². The zero-order valence-electron chi connectivity index (χ0n) is 18.0. The molecule has 3 aromatic rings. The maximum atomic E-state index is 13.3. The fourth-order valence-electron chi connectivity index (χ4n) is 3.08. The number of para-hydroxylation sites is 1. The average molecular weight is 455 g/mol. The van der Waals surface area contributed by atoms with Crippen LogP contribution in [0.5, 0.6) is 11.5 Å². The summed E-state index contributed by atoms with van der Waals surface area (Å²) in [5.74, 6) is 0.786. The highest BCUT2D eigenvalue weighted by atomic mass is 32.2. The van der Waals surface area contributed by atoms with Gasteiger partial charge in [-0.15, -0.1) is 0 Å². The average Bonchev–Trinajstić information content (AvgIpc) is 2.79. The fourth-order valence-corrected chi connectivity index (χ4v) is 4.52. The van der Waals surface area contributed by atoms with Gasteiger partial charge in [-0.25, -0.2) is 8.42 Å². The third kappa shape index (κ3) is 6.09. The van der Waals surface area contributed by atoms with Crippen molar-refractivity contribution < 1.29 is 22.7 Å². The van der Waals surface area contributed by atoms with Crippen LogP contribution in [-0.4, -0.2) is 40.6 Å². The van der Waals surface area contributed by atoms with Crippen molar-refractivity contribution in [1.29, 1.82) is 0 Å². The fraction of sp³-hybridized carbons (Fsp3) is 0.208. The van der Waals surface area contributed by atoms with E-state index in [9.17, 15) is 13.2 Å². The SMILES string of the molecule is COC[C@@H](C)NC(=O)CN(c1ccc(Oc2ccccc2)cc1)S(=O)(=O)c1ccccc1. The Morgan fingerprint density at radius 2 is 1.47 bits per heavy atom. The predicted molar refractivity (Wildman–Crippen MR) is 123 cm³/mol. The summed E-state index contributed by atoms with van der Waals surface area (Å²) in [6.07, 6.45) is 0. The Bertz CT molecular complexity index is 1100. The van der Waals surface area contributed by atoms with Crippen molar-refractivity contribution in [3.05, 3.63) is 84.9 Å². The lowest BCUT2D eigenvalue weighted by molar-refractivity contribution is -0.120. The van der Waals surface area contributed by atoms with E-state index in [-0.39, 0.29) is 17.5 Å². The summed E-state index contributed by atoms with van der Waals surface area (Å²) in [7, 11) is -2.43. The molecule has 0 fully saturated rings. The van der Waals surface area contributed by atoms with Crippen LogP contribution in [0, 0.1) is 0 Å². The second-order valence-corrected chi connectivity index (χ2v) is 9.02. The largest absolute Gasteiger partial charge is 0.457 e. The second kappa shape index (κ2) is 10.8. The minimum atomic E-state index is -3.97. The van der Waals surface area contributed by atoms with Crippen LogP contribution in [0.25, 0.3) is 0 Å². The first kappa shape index (κ1) is 23.3. The Hall–Kier alpha value is -3.36. The zero-order valence-corrected chi connectivity index (χ0v) is 18.8. The molecule has 32 heavy (non-hydrogen) atoms. The number of sulfonamides is 1. The molecule has 1 amide bonds. The van der Waals surface area contributed by atoms with E-state index >= 15 is 0 Å². The van der Waals surface area contributed by atoms with Gasteiger partial charge < -0.3 is 14.8 Å². The monoisotopic (exact) mass is 454 g/mol. The van der Waals surface area contributed by atoms with Crippen LogP contribution in [0.3, 0.4) is 0 Å². The molecular weight excluding hydrogens is 428 g/mol. The van der Waals surface area contributed by atoms with Crippen molar-refractivity contribution in [2.24, 2.45) is 0 Å². The van der Waals surface area contributed by atoms with Crippen molar-refractivity contribution in [2.75, 3.05) is 24.6 Å². The quantitative estimate of drug-likeness (QED) is 0.503. The molecule has 0 aliphatic heterocycles. The number of rotatable bonds is 10. The summed E-state index contributed by atoms with van der Waals surface area (Å²) in [5.41, 5.74) is 0.351. The van der Waals surface area contributed by atoms with Gasteiger partial charge >= 0.3 is 0 Å². The van der Waals surface area contributed by atoms with Crippen LogP contribution < -0.4 is 14.4 Å². The lowest BCUT2D eigenvalue weighted by Crippen LogP contribution is -2.44. The summed E-state index contributed by atoms with van der Waals surface area (Å²) in [5, 5.41) is 2.75. The van der Waals surface area contributed by atoms with Gasteiger partial charge in [0.05, 0.1) is 17.2 Å². The Labute approximate surface area is 188 Å². The molecule has 0 unspecified atom stereocenters. The first-order chi connectivity index (χ1) is 15.4. The number of hydrogen-bond acceptors (Lipinski definition) is 5. The maximum Gasteiger partial charge on any atom is 0.264 e. The molecule has 0 saturated heterocycles. The van der Waals surface area contributed by atoms with E-state index in [0.717, 1.165) is 4.31 Å². The Morgan fingerprint density at radius 1 is 0.906 bits per heavy atom. The molecule has 0 spiro atoms. The summed E-state index contributed by atoms with van der Waals surface area (Å²) in [6, 6.07) is 23.6. The highest BCUT2D eigenvalue weighted by Gasteiger charge is 2.27. The van der Waals surface area contributed by atoms with Crippen LogP contribution in [0.4, 0.5) is 5.69 Å². The molecule has 0 saturated carbocycles. The summed E-state index contributed by atoms with van der Waals surface area (Å²) >= 11 is 0. The molecule has 168 valence electrons. The smallest absolute Gasteiger partial charge is 0.264 e. The Kier molecular flexibility index (Phi) is 7.86. The summed E-state index contributed by atoms with van der Waals surface area (Å²) < 4.78 is 38.6. The highest BCUT2D eigenvalue weighted by Crippen LogP contribution is 2.27. The normalized spacial score (nSPS) is 12.1. The maximum absolute atomic E-state index is 13.3. The third-order valence-corrected chi connectivity index (χ3v) is 6.33. The first-order valence-corrected chi connectivity index (χ1v) is 11.5. The van der Waals surface area contributed by atoms with Crippen LogP contribution in [0.15, 0.2) is 89.8 Å². The number of anilines is 1. The lowest BCUT2D eigenvalue weighted by atomic mass is 10.3. The zero-order chi connectivity index (χ0) is 23.0. The number of benzene rings is 3. The standard InChI is InChI=1S/C24H26N2O5S/c1-19(18-30-2)25-24(27)17-26(32(28,29)23-11-7-4-8-12-23)20-13-15-22(16-14-20)31-21-9-5-3-6-10-21/h3-16,19H,17-18H2,1-2H3,(H,25,27)/t19-/m1/s1. The van der Waals surface area contributed by atoms with E-state index in [2.05, 4.69) is 5.32 Å². The van der Waals surface area contributed by atoms with Crippen molar-refractivity contribution in [3.8, 4) is 11.5 Å². The molecule has 0 heterocycles. The number of amides is 1. The van der Waals surface area contributed by atoms with E-state index in [1.807, 2.05) is 30.3 Å². The van der Waals surface area contributed by atoms with Gasteiger partial charge in [-0.3, -0.25) is 9.10 Å². The van der Waals surface area contributed by atoms with E-state index in [1.165, 1.54) is 19.2 Å².